The number of ether oxygens (including phenoxy) is 1. The zero-order valence-corrected chi connectivity index (χ0v) is 15.2. The molecule has 1 aliphatic rings. The summed E-state index contributed by atoms with van der Waals surface area (Å²) in [5.41, 5.74) is 6.05. The molecule has 4 nitrogen and oxygen atoms in total. The highest BCUT2D eigenvalue weighted by Crippen LogP contribution is 2.31. The van der Waals surface area contributed by atoms with E-state index in [1.165, 1.54) is 27.6 Å². The van der Waals surface area contributed by atoms with Crippen molar-refractivity contribution >= 4 is 10.9 Å². The average Bonchev–Trinajstić information content (AvgIpc) is 3.00. The van der Waals surface area contributed by atoms with Crippen molar-refractivity contribution in [3.8, 4) is 11.3 Å². The van der Waals surface area contributed by atoms with Gasteiger partial charge in [0.2, 0.25) is 0 Å². The van der Waals surface area contributed by atoms with Crippen LogP contribution >= 0.6 is 0 Å². The fourth-order valence-corrected chi connectivity index (χ4v) is 3.78. The maximum Gasteiger partial charge on any atom is 0.100 e. The van der Waals surface area contributed by atoms with Gasteiger partial charge in [-0.15, -0.1) is 0 Å². The molecule has 130 valence electrons. The van der Waals surface area contributed by atoms with Crippen molar-refractivity contribution in [2.24, 2.45) is 7.05 Å². The summed E-state index contributed by atoms with van der Waals surface area (Å²) in [4.78, 5) is 2.48. The van der Waals surface area contributed by atoms with Gasteiger partial charge in [-0.1, -0.05) is 36.4 Å². The minimum Gasteiger partial charge on any atom is -0.379 e. The third-order valence-electron chi connectivity index (χ3n) is 5.35. The Morgan fingerprint density at radius 3 is 2.48 bits per heavy atom. The Bertz CT molecular complexity index is 876. The number of fused-ring (bicyclic) bond motifs is 1. The second-order valence-electron chi connectivity index (χ2n) is 6.89. The largest absolute Gasteiger partial charge is 0.379 e. The summed E-state index contributed by atoms with van der Waals surface area (Å²) in [6.45, 7) is 8.12. The smallest absolute Gasteiger partial charge is 0.100 e. The molecule has 1 atom stereocenters. The molecule has 0 bridgehead atoms. The normalized spacial score (nSPS) is 17.1. The first-order valence-electron chi connectivity index (χ1n) is 8.99. The molecule has 0 amide bonds. The van der Waals surface area contributed by atoms with E-state index in [4.69, 9.17) is 9.84 Å². The molecule has 1 aliphatic heterocycles. The average molecular weight is 335 g/mol. The number of aryl methyl sites for hydroxylation is 2. The lowest BCUT2D eigenvalue weighted by atomic mass is 10.0. The number of hydrogen-bond donors (Lipinski definition) is 0. The van der Waals surface area contributed by atoms with Crippen LogP contribution in [0.15, 0.2) is 42.5 Å². The van der Waals surface area contributed by atoms with Crippen molar-refractivity contribution in [2.75, 3.05) is 26.3 Å². The molecule has 0 N–H and O–H groups in total. The van der Waals surface area contributed by atoms with Gasteiger partial charge in [0.05, 0.1) is 18.7 Å². The molecule has 3 aromatic rings. The van der Waals surface area contributed by atoms with Gasteiger partial charge in [-0.05, 0) is 31.0 Å². The molecule has 1 fully saturated rings. The Morgan fingerprint density at radius 1 is 1.04 bits per heavy atom. The van der Waals surface area contributed by atoms with Gasteiger partial charge >= 0.3 is 0 Å². The molecule has 1 saturated heterocycles. The predicted octanol–water partition coefficient (Wildman–Crippen LogP) is 3.94. The van der Waals surface area contributed by atoms with Crippen LogP contribution in [0, 0.1) is 6.92 Å². The van der Waals surface area contributed by atoms with Crippen molar-refractivity contribution in [2.45, 2.75) is 19.9 Å². The van der Waals surface area contributed by atoms with Crippen LogP contribution in [-0.2, 0) is 11.8 Å². The van der Waals surface area contributed by atoms with E-state index in [9.17, 15) is 0 Å². The minimum atomic E-state index is 0.417. The molecule has 0 saturated carbocycles. The van der Waals surface area contributed by atoms with Crippen LogP contribution in [-0.4, -0.2) is 41.0 Å². The first kappa shape index (κ1) is 16.3. The molecule has 2 aromatic carbocycles. The zero-order chi connectivity index (χ0) is 17.4. The lowest BCUT2D eigenvalue weighted by Crippen LogP contribution is -2.37. The highest BCUT2D eigenvalue weighted by molar-refractivity contribution is 5.95. The van der Waals surface area contributed by atoms with E-state index < -0.39 is 0 Å². The Kier molecular flexibility index (Phi) is 4.32. The summed E-state index contributed by atoms with van der Waals surface area (Å²) < 4.78 is 7.44. The van der Waals surface area contributed by atoms with Gasteiger partial charge in [-0.25, -0.2) is 0 Å². The number of rotatable bonds is 3. The summed E-state index contributed by atoms with van der Waals surface area (Å²) in [5.74, 6) is 0. The van der Waals surface area contributed by atoms with E-state index >= 15 is 0 Å². The van der Waals surface area contributed by atoms with Gasteiger partial charge in [0.25, 0.3) is 0 Å². The quantitative estimate of drug-likeness (QED) is 0.726. The first-order valence-corrected chi connectivity index (χ1v) is 8.99. The van der Waals surface area contributed by atoms with E-state index in [0.29, 0.717) is 6.04 Å². The maximum absolute atomic E-state index is 5.46. The van der Waals surface area contributed by atoms with Crippen LogP contribution in [0.25, 0.3) is 22.2 Å². The van der Waals surface area contributed by atoms with Crippen molar-refractivity contribution in [3.05, 3.63) is 53.6 Å². The predicted molar refractivity (Wildman–Crippen MR) is 102 cm³/mol. The van der Waals surface area contributed by atoms with Crippen molar-refractivity contribution < 1.29 is 4.74 Å². The Labute approximate surface area is 149 Å². The molecule has 1 aromatic heterocycles. The monoisotopic (exact) mass is 335 g/mol. The third-order valence-corrected chi connectivity index (χ3v) is 5.35. The highest BCUT2D eigenvalue weighted by Gasteiger charge is 2.19. The van der Waals surface area contributed by atoms with Crippen LogP contribution in [0.5, 0.6) is 0 Å². The molecule has 2 heterocycles. The number of benzene rings is 2. The Hall–Kier alpha value is -2.17. The summed E-state index contributed by atoms with van der Waals surface area (Å²) in [5, 5.41) is 6.02. The van der Waals surface area contributed by atoms with Gasteiger partial charge in [-0.3, -0.25) is 9.58 Å². The van der Waals surface area contributed by atoms with E-state index in [1.54, 1.807) is 0 Å². The van der Waals surface area contributed by atoms with E-state index in [-0.39, 0.29) is 0 Å². The fraction of sp³-hybridized carbons (Fsp3) is 0.381. The first-order chi connectivity index (χ1) is 12.1. The number of hydrogen-bond acceptors (Lipinski definition) is 3. The van der Waals surface area contributed by atoms with Crippen molar-refractivity contribution in [1.29, 1.82) is 0 Å². The van der Waals surface area contributed by atoms with Crippen LogP contribution in [0.2, 0.25) is 0 Å². The standard InChI is InChI=1S/C21H25N3O/c1-15-5-4-6-19-20(15)21(22-23(19)3)18-9-7-17(8-10-18)16(2)24-11-13-25-14-12-24/h4-10,16H,11-14H2,1-3H3. The zero-order valence-electron chi connectivity index (χ0n) is 15.2. The van der Waals surface area contributed by atoms with Crippen LogP contribution in [0.3, 0.4) is 0 Å². The number of morpholine rings is 1. The molecule has 1 unspecified atom stereocenters. The molecule has 25 heavy (non-hydrogen) atoms. The Morgan fingerprint density at radius 2 is 1.76 bits per heavy atom. The van der Waals surface area contributed by atoms with Gasteiger partial charge in [0.1, 0.15) is 5.69 Å². The SMILES string of the molecule is Cc1cccc2c1c(-c1ccc(C(C)N3CCOCC3)cc1)nn2C. The molecule has 0 radical (unpaired) electrons. The highest BCUT2D eigenvalue weighted by atomic mass is 16.5. The molecule has 0 aliphatic carbocycles. The second kappa shape index (κ2) is 6.62. The van der Waals surface area contributed by atoms with Crippen LogP contribution < -0.4 is 0 Å². The van der Waals surface area contributed by atoms with E-state index in [0.717, 1.165) is 32.0 Å². The topological polar surface area (TPSA) is 30.3 Å². The molecule has 4 rings (SSSR count). The molecular formula is C21H25N3O. The lowest BCUT2D eigenvalue weighted by molar-refractivity contribution is 0.0198. The van der Waals surface area contributed by atoms with Crippen molar-refractivity contribution in [3.63, 3.8) is 0 Å². The van der Waals surface area contributed by atoms with Gasteiger partial charge in [-0.2, -0.15) is 5.10 Å². The Balaban J connectivity index is 1.67. The molecule has 0 spiro atoms. The van der Waals surface area contributed by atoms with Gasteiger partial charge in [0.15, 0.2) is 0 Å². The van der Waals surface area contributed by atoms with E-state index in [1.807, 2.05) is 11.7 Å². The summed E-state index contributed by atoms with van der Waals surface area (Å²) in [6, 6.07) is 15.7. The summed E-state index contributed by atoms with van der Waals surface area (Å²) in [7, 11) is 2.01. The lowest BCUT2D eigenvalue weighted by Gasteiger charge is -2.32. The molecular weight excluding hydrogens is 310 g/mol. The minimum absolute atomic E-state index is 0.417. The summed E-state index contributed by atoms with van der Waals surface area (Å²) >= 11 is 0. The summed E-state index contributed by atoms with van der Waals surface area (Å²) in [6.07, 6.45) is 0. The maximum atomic E-state index is 5.46. The second-order valence-corrected chi connectivity index (χ2v) is 6.89. The van der Waals surface area contributed by atoms with Crippen LogP contribution in [0.1, 0.15) is 24.1 Å². The van der Waals surface area contributed by atoms with E-state index in [2.05, 4.69) is 61.2 Å². The van der Waals surface area contributed by atoms with Gasteiger partial charge < -0.3 is 4.74 Å². The van der Waals surface area contributed by atoms with Crippen LogP contribution in [0.4, 0.5) is 0 Å². The third kappa shape index (κ3) is 2.96. The van der Waals surface area contributed by atoms with Gasteiger partial charge in [0, 0.05) is 37.1 Å². The fourth-order valence-electron chi connectivity index (χ4n) is 3.78. The number of aromatic nitrogens is 2. The molecule has 4 heteroatoms. The van der Waals surface area contributed by atoms with Crippen molar-refractivity contribution in [1.82, 2.24) is 14.7 Å². The number of nitrogens with zero attached hydrogens (tertiary/aromatic N) is 3.